The summed E-state index contributed by atoms with van der Waals surface area (Å²) < 4.78 is 11.6. The van der Waals surface area contributed by atoms with E-state index in [-0.39, 0.29) is 17.6 Å². The van der Waals surface area contributed by atoms with Gasteiger partial charge in [-0.25, -0.2) is 9.68 Å². The van der Waals surface area contributed by atoms with Crippen molar-refractivity contribution >= 4 is 5.97 Å². The van der Waals surface area contributed by atoms with Gasteiger partial charge in [-0.15, -0.1) is 0 Å². The minimum atomic E-state index is -0.979. The van der Waals surface area contributed by atoms with Crippen LogP contribution in [0.25, 0.3) is 0 Å². The summed E-state index contributed by atoms with van der Waals surface area (Å²) in [6.07, 6.45) is 6.38. The van der Waals surface area contributed by atoms with Gasteiger partial charge in [0.25, 0.3) is 0 Å². The molecule has 0 aromatic heterocycles. The molecule has 6 atom stereocenters. The first-order valence-electron chi connectivity index (χ1n) is 9.39. The number of fused-ring (bicyclic) bond motifs is 4. The molecule has 2 aliphatic heterocycles. The molecule has 0 unspecified atom stereocenters. The zero-order valence-electron chi connectivity index (χ0n) is 15.9. The Morgan fingerprint density at radius 1 is 1.23 bits per heavy atom. The molecule has 6 nitrogen and oxygen atoms in total. The summed E-state index contributed by atoms with van der Waals surface area (Å²) in [5, 5.41) is 20.1. The van der Waals surface area contributed by atoms with Crippen molar-refractivity contribution in [2.75, 3.05) is 0 Å². The molecule has 3 aliphatic rings. The fourth-order valence-corrected chi connectivity index (χ4v) is 4.08. The first-order chi connectivity index (χ1) is 12.1. The molecule has 0 radical (unpaired) electrons. The Hall–Kier alpha value is -1.21. The first-order valence-corrected chi connectivity index (χ1v) is 9.39. The van der Waals surface area contributed by atoms with Crippen LogP contribution in [-0.4, -0.2) is 45.3 Å². The monoisotopic (exact) mass is 366 g/mol. The van der Waals surface area contributed by atoms with Gasteiger partial charge >= 0.3 is 5.97 Å². The molecule has 0 aromatic carbocycles. The lowest BCUT2D eigenvalue weighted by molar-refractivity contribution is -0.305. The molecule has 2 saturated heterocycles. The SMILES string of the molecule is C=C1C(=O)O[C@]2(C)CC[C@@H]1C[C@@H]1O[C@@]1(C)C/C=C\[C@@](C)(OO)CC[C@H]2O. The predicted octanol–water partition coefficient (Wildman–Crippen LogP) is 3.15. The van der Waals surface area contributed by atoms with Crippen LogP contribution in [0.1, 0.15) is 59.3 Å². The second-order valence-corrected chi connectivity index (χ2v) is 8.68. The van der Waals surface area contributed by atoms with Crippen molar-refractivity contribution in [3.05, 3.63) is 24.3 Å². The average Bonchev–Trinajstić information content (AvgIpc) is 3.25. The number of rotatable bonds is 1. The quantitative estimate of drug-likeness (QED) is 0.185. The third-order valence-corrected chi connectivity index (χ3v) is 6.43. The Bertz CT molecular complexity index is 615. The molecule has 6 heteroatoms. The molecular formula is C20H30O6. The third kappa shape index (κ3) is 3.74. The zero-order valence-corrected chi connectivity index (χ0v) is 15.9. The van der Waals surface area contributed by atoms with Crippen molar-refractivity contribution < 1.29 is 29.5 Å². The minimum absolute atomic E-state index is 0.00121. The number of ether oxygens (including phenoxy) is 2. The largest absolute Gasteiger partial charge is 0.453 e. The van der Waals surface area contributed by atoms with Crippen LogP contribution in [0.3, 0.4) is 0 Å². The van der Waals surface area contributed by atoms with E-state index in [1.807, 2.05) is 12.2 Å². The van der Waals surface area contributed by atoms with Gasteiger partial charge in [-0.2, -0.15) is 0 Å². The second kappa shape index (κ2) is 6.75. The highest BCUT2D eigenvalue weighted by Crippen LogP contribution is 2.47. The summed E-state index contributed by atoms with van der Waals surface area (Å²) >= 11 is 0. The summed E-state index contributed by atoms with van der Waals surface area (Å²) in [5.41, 5.74) is -1.70. The Labute approximate surface area is 154 Å². The number of hydrogen-bond acceptors (Lipinski definition) is 6. The number of hydrogen-bond donors (Lipinski definition) is 2. The number of carbonyl (C=O) groups excluding carboxylic acids is 1. The van der Waals surface area contributed by atoms with Crippen LogP contribution in [-0.2, 0) is 19.2 Å². The average molecular weight is 366 g/mol. The highest BCUT2D eigenvalue weighted by atomic mass is 17.1. The van der Waals surface area contributed by atoms with Gasteiger partial charge in [0.1, 0.15) is 11.2 Å². The summed E-state index contributed by atoms with van der Waals surface area (Å²) in [4.78, 5) is 17.2. The maximum atomic E-state index is 12.5. The van der Waals surface area contributed by atoms with Crippen LogP contribution in [0, 0.1) is 5.92 Å². The van der Waals surface area contributed by atoms with Crippen LogP contribution in [0.2, 0.25) is 0 Å². The molecular weight excluding hydrogens is 336 g/mol. The van der Waals surface area contributed by atoms with Gasteiger partial charge in [0.15, 0.2) is 0 Å². The van der Waals surface area contributed by atoms with Gasteiger partial charge in [0, 0.05) is 5.57 Å². The number of esters is 1. The van der Waals surface area contributed by atoms with Gasteiger partial charge in [-0.1, -0.05) is 18.7 Å². The van der Waals surface area contributed by atoms with Gasteiger partial charge in [0.05, 0.1) is 17.8 Å². The van der Waals surface area contributed by atoms with Crippen LogP contribution in [0.15, 0.2) is 24.3 Å². The van der Waals surface area contributed by atoms with Crippen molar-refractivity contribution in [3.63, 3.8) is 0 Å². The molecule has 0 aromatic rings. The van der Waals surface area contributed by atoms with E-state index in [0.29, 0.717) is 31.3 Å². The van der Waals surface area contributed by atoms with E-state index >= 15 is 0 Å². The van der Waals surface area contributed by atoms with E-state index in [0.717, 1.165) is 12.8 Å². The molecule has 0 amide bonds. The van der Waals surface area contributed by atoms with Crippen molar-refractivity contribution in [1.29, 1.82) is 0 Å². The number of aliphatic hydroxyl groups is 1. The lowest BCUT2D eigenvalue weighted by atomic mass is 9.82. The number of epoxide rings is 1. The molecule has 0 spiro atoms. The normalized spacial score (nSPS) is 48.1. The lowest BCUT2D eigenvalue weighted by Crippen LogP contribution is -2.44. The molecule has 2 heterocycles. The van der Waals surface area contributed by atoms with Gasteiger partial charge < -0.3 is 14.6 Å². The fraction of sp³-hybridized carbons (Fsp3) is 0.750. The van der Waals surface area contributed by atoms with Crippen LogP contribution in [0.5, 0.6) is 0 Å². The Morgan fingerprint density at radius 3 is 2.65 bits per heavy atom. The Morgan fingerprint density at radius 2 is 1.96 bits per heavy atom. The van der Waals surface area contributed by atoms with Crippen molar-refractivity contribution in [2.24, 2.45) is 5.92 Å². The molecule has 2 N–H and O–H groups in total. The highest BCUT2D eigenvalue weighted by Gasteiger charge is 2.53. The Kier molecular flexibility index (Phi) is 5.07. The summed E-state index contributed by atoms with van der Waals surface area (Å²) in [5.74, 6) is -0.438. The van der Waals surface area contributed by atoms with Crippen molar-refractivity contribution in [2.45, 2.75) is 88.3 Å². The molecule has 0 saturated carbocycles. The highest BCUT2D eigenvalue weighted by molar-refractivity contribution is 5.89. The minimum Gasteiger partial charge on any atom is -0.453 e. The molecule has 2 fully saturated rings. The predicted molar refractivity (Wildman–Crippen MR) is 95.4 cm³/mol. The van der Waals surface area contributed by atoms with Crippen molar-refractivity contribution in [1.82, 2.24) is 0 Å². The van der Waals surface area contributed by atoms with E-state index in [4.69, 9.17) is 9.47 Å². The Balaban J connectivity index is 1.89. The smallest absolute Gasteiger partial charge is 0.334 e. The maximum Gasteiger partial charge on any atom is 0.334 e. The summed E-state index contributed by atoms with van der Waals surface area (Å²) in [6, 6.07) is 0. The maximum absolute atomic E-state index is 12.5. The van der Waals surface area contributed by atoms with Gasteiger partial charge in [0.2, 0.25) is 0 Å². The van der Waals surface area contributed by atoms with E-state index in [2.05, 4.69) is 18.4 Å². The summed E-state index contributed by atoms with van der Waals surface area (Å²) in [7, 11) is 0. The molecule has 2 bridgehead atoms. The molecule has 26 heavy (non-hydrogen) atoms. The first kappa shape index (κ1) is 19.5. The summed E-state index contributed by atoms with van der Waals surface area (Å²) in [6.45, 7) is 9.53. The fourth-order valence-electron chi connectivity index (χ4n) is 4.08. The number of carbonyl (C=O) groups is 1. The molecule has 3 rings (SSSR count). The van der Waals surface area contributed by atoms with E-state index in [1.165, 1.54) is 0 Å². The van der Waals surface area contributed by atoms with E-state index in [1.54, 1.807) is 13.8 Å². The van der Waals surface area contributed by atoms with Crippen LogP contribution in [0.4, 0.5) is 0 Å². The van der Waals surface area contributed by atoms with Crippen LogP contribution >= 0.6 is 0 Å². The van der Waals surface area contributed by atoms with Gasteiger partial charge in [-0.3, -0.25) is 5.26 Å². The standard InChI is InChI=1S/C20H30O6/c1-13-14-6-11-19(3,25-17(13)22)15(21)7-10-18(2,26-23)8-5-9-20(4)16(12-14)24-20/h5,8,14-16,21,23H,1,6-7,9-12H2,2-4H3/b8-5-/t14-,15-,16+,18-,19-,20+/m1/s1. The van der Waals surface area contributed by atoms with Gasteiger partial charge in [-0.05, 0) is 65.2 Å². The molecule has 146 valence electrons. The zero-order chi connectivity index (χ0) is 19.2. The third-order valence-electron chi connectivity index (χ3n) is 6.43. The molecule has 1 aliphatic carbocycles. The lowest BCUT2D eigenvalue weighted by Gasteiger charge is -2.34. The van der Waals surface area contributed by atoms with Crippen LogP contribution < -0.4 is 0 Å². The number of aliphatic hydroxyl groups excluding tert-OH is 1. The van der Waals surface area contributed by atoms with E-state index in [9.17, 15) is 15.2 Å². The second-order valence-electron chi connectivity index (χ2n) is 8.68. The van der Waals surface area contributed by atoms with Crippen molar-refractivity contribution in [3.8, 4) is 0 Å². The topological polar surface area (TPSA) is 88.5 Å². The van der Waals surface area contributed by atoms with E-state index < -0.39 is 23.3 Å².